The summed E-state index contributed by atoms with van der Waals surface area (Å²) in [5, 5.41) is 13.5. The fourth-order valence-electron chi connectivity index (χ4n) is 2.29. The first-order chi connectivity index (χ1) is 10.1. The highest BCUT2D eigenvalue weighted by molar-refractivity contribution is 5.78. The van der Waals surface area contributed by atoms with Crippen molar-refractivity contribution in [1.29, 1.82) is 0 Å². The largest absolute Gasteiger partial charge is 0.396 e. The second kappa shape index (κ2) is 5.10. The highest BCUT2D eigenvalue weighted by Crippen LogP contribution is 2.07. The van der Waals surface area contributed by atoms with E-state index in [4.69, 9.17) is 5.11 Å². The zero-order valence-electron chi connectivity index (χ0n) is 11.5. The topological polar surface area (TPSA) is 89.5 Å². The Balaban J connectivity index is 2.47. The average molecular weight is 286 g/mol. The molecule has 1 N–H and O–H groups in total. The highest BCUT2D eigenvalue weighted by atomic mass is 16.3. The fourth-order valence-corrected chi connectivity index (χ4v) is 2.29. The quantitative estimate of drug-likeness (QED) is 0.689. The van der Waals surface area contributed by atoms with E-state index in [1.165, 1.54) is 4.57 Å². The fraction of sp³-hybridized carbons (Fsp3) is 0.286. The first-order valence-electron chi connectivity index (χ1n) is 6.63. The van der Waals surface area contributed by atoms with Crippen LogP contribution in [0.4, 0.5) is 0 Å². The third-order valence-corrected chi connectivity index (χ3v) is 3.32. The smallest absolute Gasteiger partial charge is 0.283 e. The van der Waals surface area contributed by atoms with Crippen molar-refractivity contribution in [3.05, 3.63) is 50.7 Å². The third kappa shape index (κ3) is 2.11. The van der Waals surface area contributed by atoms with Crippen molar-refractivity contribution in [1.82, 2.24) is 19.2 Å². The van der Waals surface area contributed by atoms with E-state index in [1.807, 2.05) is 0 Å². The Labute approximate surface area is 119 Å². The molecule has 2 heterocycles. The van der Waals surface area contributed by atoms with Gasteiger partial charge >= 0.3 is 0 Å². The lowest BCUT2D eigenvalue weighted by atomic mass is 10.2. The minimum atomic E-state index is -0.309. The van der Waals surface area contributed by atoms with Gasteiger partial charge in [0.15, 0.2) is 0 Å². The first kappa shape index (κ1) is 13.4. The number of nitrogens with zero attached hydrogens (tertiary/aromatic N) is 4. The summed E-state index contributed by atoms with van der Waals surface area (Å²) in [4.78, 5) is 29.0. The van der Waals surface area contributed by atoms with Crippen LogP contribution in [0.15, 0.2) is 33.9 Å². The molecule has 21 heavy (non-hydrogen) atoms. The zero-order valence-corrected chi connectivity index (χ0v) is 11.5. The predicted molar refractivity (Wildman–Crippen MR) is 77.5 cm³/mol. The predicted octanol–water partition coefficient (Wildman–Crippen LogP) is 0.0952. The SMILES string of the molecule is Cc1nn2c(=O)c3ccccc3nc2n(CCCO)c1=O. The molecule has 0 aliphatic heterocycles. The third-order valence-electron chi connectivity index (χ3n) is 3.32. The molecule has 0 aliphatic carbocycles. The van der Waals surface area contributed by atoms with Gasteiger partial charge in [-0.05, 0) is 25.5 Å². The summed E-state index contributed by atoms with van der Waals surface area (Å²) in [5.41, 5.74) is 0.131. The molecule has 0 unspecified atom stereocenters. The number of para-hydroxylation sites is 1. The molecule has 2 aromatic heterocycles. The summed E-state index contributed by atoms with van der Waals surface area (Å²) < 4.78 is 2.53. The van der Waals surface area contributed by atoms with Crippen LogP contribution in [0.5, 0.6) is 0 Å². The Hall–Kier alpha value is -2.54. The number of rotatable bonds is 3. The second-order valence-corrected chi connectivity index (χ2v) is 4.77. The lowest BCUT2D eigenvalue weighted by molar-refractivity contribution is 0.279. The number of aromatic nitrogens is 4. The van der Waals surface area contributed by atoms with E-state index in [1.54, 1.807) is 31.2 Å². The number of aliphatic hydroxyl groups excluding tert-OH is 1. The van der Waals surface area contributed by atoms with Crippen LogP contribution in [0, 0.1) is 6.92 Å². The maximum Gasteiger partial charge on any atom is 0.283 e. The summed E-state index contributed by atoms with van der Waals surface area (Å²) in [6.45, 7) is 1.80. The molecule has 0 saturated heterocycles. The molecule has 7 nitrogen and oxygen atoms in total. The van der Waals surface area contributed by atoms with Gasteiger partial charge in [0.1, 0.15) is 5.69 Å². The maximum absolute atomic E-state index is 12.5. The summed E-state index contributed by atoms with van der Waals surface area (Å²) in [5.74, 6) is 0.197. The van der Waals surface area contributed by atoms with Crippen LogP contribution >= 0.6 is 0 Å². The summed E-state index contributed by atoms with van der Waals surface area (Å²) >= 11 is 0. The molecular weight excluding hydrogens is 272 g/mol. The number of hydrogen-bond acceptors (Lipinski definition) is 5. The van der Waals surface area contributed by atoms with Gasteiger partial charge in [-0.3, -0.25) is 14.2 Å². The monoisotopic (exact) mass is 286 g/mol. The molecule has 108 valence electrons. The lowest BCUT2D eigenvalue weighted by Crippen LogP contribution is -2.32. The number of fused-ring (bicyclic) bond motifs is 2. The Morgan fingerprint density at radius 3 is 2.71 bits per heavy atom. The molecule has 1 aromatic carbocycles. The van der Waals surface area contributed by atoms with Crippen molar-refractivity contribution < 1.29 is 5.11 Å². The lowest BCUT2D eigenvalue weighted by Gasteiger charge is -2.10. The van der Waals surface area contributed by atoms with Crippen LogP contribution in [0.2, 0.25) is 0 Å². The molecule has 0 amide bonds. The molecule has 0 spiro atoms. The second-order valence-electron chi connectivity index (χ2n) is 4.77. The van der Waals surface area contributed by atoms with Crippen molar-refractivity contribution in [2.24, 2.45) is 0 Å². The Bertz CT molecular complexity index is 942. The van der Waals surface area contributed by atoms with E-state index in [-0.39, 0.29) is 35.7 Å². The number of aliphatic hydroxyl groups is 1. The molecule has 0 aliphatic rings. The van der Waals surface area contributed by atoms with E-state index >= 15 is 0 Å². The van der Waals surface area contributed by atoms with Gasteiger partial charge in [-0.15, -0.1) is 0 Å². The van der Waals surface area contributed by atoms with Crippen molar-refractivity contribution in [3.63, 3.8) is 0 Å². The standard InChI is InChI=1S/C14H14N4O3/c1-9-12(20)17(7-4-8-19)14-15-11-6-3-2-5-10(11)13(21)18(14)16-9/h2-3,5-6,19H,4,7-8H2,1H3. The van der Waals surface area contributed by atoms with Crippen LogP contribution in [0.1, 0.15) is 12.1 Å². The number of benzene rings is 1. The zero-order chi connectivity index (χ0) is 15.0. The average Bonchev–Trinajstić information content (AvgIpc) is 2.49. The van der Waals surface area contributed by atoms with Crippen molar-refractivity contribution in [2.75, 3.05) is 6.61 Å². The maximum atomic E-state index is 12.5. The molecule has 0 radical (unpaired) electrons. The normalized spacial score (nSPS) is 11.3. The van der Waals surface area contributed by atoms with E-state index < -0.39 is 0 Å². The van der Waals surface area contributed by atoms with Gasteiger partial charge in [0.05, 0.1) is 10.9 Å². The van der Waals surface area contributed by atoms with Gasteiger partial charge in [0.2, 0.25) is 5.78 Å². The number of hydrogen-bond donors (Lipinski definition) is 1. The van der Waals surface area contributed by atoms with Crippen molar-refractivity contribution in [2.45, 2.75) is 19.9 Å². The highest BCUT2D eigenvalue weighted by Gasteiger charge is 2.13. The van der Waals surface area contributed by atoms with Crippen molar-refractivity contribution in [3.8, 4) is 0 Å². The Morgan fingerprint density at radius 2 is 1.95 bits per heavy atom. The van der Waals surface area contributed by atoms with E-state index in [0.717, 1.165) is 4.52 Å². The minimum absolute atomic E-state index is 0.0439. The first-order valence-corrected chi connectivity index (χ1v) is 6.63. The molecule has 3 rings (SSSR count). The Kier molecular flexibility index (Phi) is 3.26. The van der Waals surface area contributed by atoms with Gasteiger partial charge in [-0.1, -0.05) is 12.1 Å². The van der Waals surface area contributed by atoms with E-state index in [9.17, 15) is 9.59 Å². The molecule has 0 atom stereocenters. The van der Waals surface area contributed by atoms with E-state index in [2.05, 4.69) is 10.1 Å². The van der Waals surface area contributed by atoms with Crippen LogP contribution in [0.25, 0.3) is 16.7 Å². The van der Waals surface area contributed by atoms with Gasteiger partial charge < -0.3 is 5.11 Å². The van der Waals surface area contributed by atoms with Gasteiger partial charge in [-0.25, -0.2) is 4.98 Å². The Morgan fingerprint density at radius 1 is 1.19 bits per heavy atom. The number of aryl methyl sites for hydroxylation is 2. The summed E-state index contributed by atoms with van der Waals surface area (Å²) in [6, 6.07) is 6.93. The summed E-state index contributed by atoms with van der Waals surface area (Å²) in [6.07, 6.45) is 0.404. The van der Waals surface area contributed by atoms with Crippen LogP contribution in [-0.2, 0) is 6.54 Å². The molecule has 0 saturated carbocycles. The molecule has 0 fully saturated rings. The van der Waals surface area contributed by atoms with Crippen LogP contribution in [-0.4, -0.2) is 30.9 Å². The van der Waals surface area contributed by atoms with Gasteiger partial charge in [0.25, 0.3) is 11.1 Å². The minimum Gasteiger partial charge on any atom is -0.396 e. The van der Waals surface area contributed by atoms with Gasteiger partial charge in [0, 0.05) is 13.2 Å². The van der Waals surface area contributed by atoms with Gasteiger partial charge in [-0.2, -0.15) is 9.61 Å². The molecule has 0 bridgehead atoms. The summed E-state index contributed by atoms with van der Waals surface area (Å²) in [7, 11) is 0. The molecule has 7 heteroatoms. The molecular formula is C14H14N4O3. The van der Waals surface area contributed by atoms with Crippen molar-refractivity contribution >= 4 is 16.7 Å². The van der Waals surface area contributed by atoms with E-state index in [0.29, 0.717) is 17.3 Å². The molecule has 3 aromatic rings. The van der Waals surface area contributed by atoms with Crippen LogP contribution in [0.3, 0.4) is 0 Å². The van der Waals surface area contributed by atoms with Crippen LogP contribution < -0.4 is 11.1 Å².